The number of epoxide rings is 1. The van der Waals surface area contributed by atoms with Crippen molar-refractivity contribution in [1.82, 2.24) is 0 Å². The topological polar surface area (TPSA) is 12.5 Å². The summed E-state index contributed by atoms with van der Waals surface area (Å²) in [5.74, 6) is 0.862. The predicted octanol–water partition coefficient (Wildman–Crippen LogP) is 2.60. The molecule has 1 aliphatic carbocycles. The molecule has 0 aromatic carbocycles. The molecule has 2 aliphatic rings. The van der Waals surface area contributed by atoms with Gasteiger partial charge in [0.2, 0.25) is 0 Å². The van der Waals surface area contributed by atoms with Crippen LogP contribution in [0.5, 0.6) is 0 Å². The first-order valence-corrected chi connectivity index (χ1v) is 4.65. The minimum atomic E-state index is 0.334. The quantitative estimate of drug-likeness (QED) is 0.489. The Bertz CT molecular complexity index is 162. The highest BCUT2D eigenvalue weighted by Crippen LogP contribution is 2.51. The lowest BCUT2D eigenvalue weighted by molar-refractivity contribution is 0.0974. The summed E-state index contributed by atoms with van der Waals surface area (Å²) in [6, 6.07) is 0. The van der Waals surface area contributed by atoms with Crippen molar-refractivity contribution in [2.24, 2.45) is 11.3 Å². The zero-order chi connectivity index (χ0) is 8.11. The van der Waals surface area contributed by atoms with Crippen molar-refractivity contribution in [1.29, 1.82) is 0 Å². The second-order valence-corrected chi connectivity index (χ2v) is 5.33. The smallest absolute Gasteiger partial charge is 0.0924 e. The molecule has 0 unspecified atom stereocenters. The third kappa shape index (κ3) is 1.44. The number of hydrogen-bond donors (Lipinski definition) is 0. The van der Waals surface area contributed by atoms with Crippen molar-refractivity contribution in [3.63, 3.8) is 0 Å². The molecule has 2 atom stereocenters. The van der Waals surface area contributed by atoms with E-state index in [1.54, 1.807) is 0 Å². The van der Waals surface area contributed by atoms with E-state index in [4.69, 9.17) is 4.74 Å². The highest BCUT2D eigenvalue weighted by atomic mass is 16.6. The fourth-order valence-electron chi connectivity index (χ4n) is 2.99. The molecule has 0 aromatic rings. The maximum Gasteiger partial charge on any atom is 0.0924 e. The van der Waals surface area contributed by atoms with Crippen molar-refractivity contribution in [2.45, 2.75) is 45.6 Å². The molecular formula is C10H18O. The Morgan fingerprint density at radius 1 is 1.27 bits per heavy atom. The van der Waals surface area contributed by atoms with Gasteiger partial charge in [0.1, 0.15) is 0 Å². The van der Waals surface area contributed by atoms with Crippen LogP contribution in [0.2, 0.25) is 0 Å². The average Bonchev–Trinajstić information content (AvgIpc) is 2.41. The van der Waals surface area contributed by atoms with Gasteiger partial charge in [0.25, 0.3) is 0 Å². The van der Waals surface area contributed by atoms with Crippen LogP contribution in [0.3, 0.4) is 0 Å². The van der Waals surface area contributed by atoms with Crippen LogP contribution in [0.15, 0.2) is 0 Å². The molecule has 0 N–H and O–H groups in total. The van der Waals surface area contributed by atoms with Crippen LogP contribution in [-0.2, 0) is 4.74 Å². The number of hydrogen-bond acceptors (Lipinski definition) is 1. The molecule has 64 valence electrons. The van der Waals surface area contributed by atoms with Crippen LogP contribution < -0.4 is 0 Å². The summed E-state index contributed by atoms with van der Waals surface area (Å²) in [7, 11) is 0. The summed E-state index contributed by atoms with van der Waals surface area (Å²) < 4.78 is 5.54. The van der Waals surface area contributed by atoms with E-state index >= 15 is 0 Å². The molecule has 1 spiro atoms. The predicted molar refractivity (Wildman–Crippen MR) is 45.5 cm³/mol. The van der Waals surface area contributed by atoms with E-state index in [-0.39, 0.29) is 0 Å². The van der Waals surface area contributed by atoms with Crippen molar-refractivity contribution in [3.8, 4) is 0 Å². The Morgan fingerprint density at radius 3 is 2.36 bits per heavy atom. The third-order valence-corrected chi connectivity index (χ3v) is 2.97. The lowest BCUT2D eigenvalue weighted by atomic mass is 9.68. The van der Waals surface area contributed by atoms with Gasteiger partial charge in [-0.05, 0) is 30.6 Å². The number of ether oxygens (including phenoxy) is 1. The van der Waals surface area contributed by atoms with Gasteiger partial charge >= 0.3 is 0 Å². The lowest BCUT2D eigenvalue weighted by Crippen LogP contribution is -2.33. The van der Waals surface area contributed by atoms with Gasteiger partial charge in [-0.15, -0.1) is 0 Å². The zero-order valence-corrected chi connectivity index (χ0v) is 7.81. The number of rotatable bonds is 0. The largest absolute Gasteiger partial charge is 0.370 e. The fraction of sp³-hybridized carbons (Fsp3) is 1.00. The highest BCUT2D eigenvalue weighted by molar-refractivity contribution is 5.01. The minimum Gasteiger partial charge on any atom is -0.370 e. The van der Waals surface area contributed by atoms with E-state index in [1.165, 1.54) is 19.3 Å². The van der Waals surface area contributed by atoms with E-state index in [0.717, 1.165) is 12.5 Å². The maximum atomic E-state index is 5.54. The maximum absolute atomic E-state index is 5.54. The summed E-state index contributed by atoms with van der Waals surface area (Å²) in [5, 5.41) is 0. The van der Waals surface area contributed by atoms with Gasteiger partial charge in [-0.1, -0.05) is 20.8 Å². The van der Waals surface area contributed by atoms with Gasteiger partial charge in [-0.2, -0.15) is 0 Å². The van der Waals surface area contributed by atoms with Gasteiger partial charge in [0, 0.05) is 0 Å². The molecule has 2 fully saturated rings. The molecule has 2 rings (SSSR count). The Kier molecular flexibility index (Phi) is 1.39. The van der Waals surface area contributed by atoms with Gasteiger partial charge in [0.05, 0.1) is 12.2 Å². The molecule has 1 aliphatic heterocycles. The van der Waals surface area contributed by atoms with E-state index in [2.05, 4.69) is 20.8 Å². The Balaban J connectivity index is 2.09. The zero-order valence-electron chi connectivity index (χ0n) is 7.81. The van der Waals surface area contributed by atoms with Crippen molar-refractivity contribution in [2.75, 3.05) is 6.61 Å². The summed E-state index contributed by atoms with van der Waals surface area (Å²) >= 11 is 0. The van der Waals surface area contributed by atoms with Crippen LogP contribution >= 0.6 is 0 Å². The molecule has 1 nitrogen and oxygen atoms in total. The molecule has 0 radical (unpaired) electrons. The summed E-state index contributed by atoms with van der Waals surface area (Å²) in [6.45, 7) is 8.11. The molecule has 1 saturated heterocycles. The average molecular weight is 154 g/mol. The first kappa shape index (κ1) is 7.60. The first-order valence-electron chi connectivity index (χ1n) is 4.65. The normalized spacial score (nSPS) is 47.7. The lowest BCUT2D eigenvalue weighted by Gasteiger charge is -2.37. The SMILES string of the molecule is C[C@@H]1CC(C)(C)C[C@@]2(CO2)C1. The summed E-state index contributed by atoms with van der Waals surface area (Å²) in [5.41, 5.74) is 0.856. The second-order valence-electron chi connectivity index (χ2n) is 5.33. The molecule has 1 heteroatoms. The van der Waals surface area contributed by atoms with Crippen molar-refractivity contribution >= 4 is 0 Å². The minimum absolute atomic E-state index is 0.334. The van der Waals surface area contributed by atoms with E-state index in [0.29, 0.717) is 11.0 Å². The molecule has 0 bridgehead atoms. The first-order chi connectivity index (χ1) is 5.02. The van der Waals surface area contributed by atoms with Crippen LogP contribution in [0, 0.1) is 11.3 Å². The van der Waals surface area contributed by atoms with E-state index in [1.807, 2.05) is 0 Å². The third-order valence-electron chi connectivity index (χ3n) is 2.97. The van der Waals surface area contributed by atoms with Crippen LogP contribution in [0.4, 0.5) is 0 Å². The Morgan fingerprint density at radius 2 is 1.91 bits per heavy atom. The van der Waals surface area contributed by atoms with Gasteiger partial charge in [-0.3, -0.25) is 0 Å². The summed E-state index contributed by atoms with van der Waals surface area (Å²) in [4.78, 5) is 0. The second kappa shape index (κ2) is 2.01. The Labute approximate surface area is 69.1 Å². The van der Waals surface area contributed by atoms with E-state index in [9.17, 15) is 0 Å². The molecule has 1 saturated carbocycles. The van der Waals surface area contributed by atoms with Crippen LogP contribution in [-0.4, -0.2) is 12.2 Å². The van der Waals surface area contributed by atoms with Gasteiger partial charge in [0.15, 0.2) is 0 Å². The fourth-order valence-corrected chi connectivity index (χ4v) is 2.99. The van der Waals surface area contributed by atoms with Crippen molar-refractivity contribution in [3.05, 3.63) is 0 Å². The van der Waals surface area contributed by atoms with Crippen LogP contribution in [0.1, 0.15) is 40.0 Å². The highest BCUT2D eigenvalue weighted by Gasteiger charge is 2.52. The Hall–Kier alpha value is -0.0400. The van der Waals surface area contributed by atoms with Gasteiger partial charge in [-0.25, -0.2) is 0 Å². The molecule has 0 aromatic heterocycles. The van der Waals surface area contributed by atoms with Gasteiger partial charge < -0.3 is 4.74 Å². The standard InChI is InChI=1S/C10H18O/c1-8-4-9(2,3)6-10(5-8)7-11-10/h8H,4-7H2,1-3H3/t8-,10-/m1/s1. The molecule has 0 amide bonds. The molecule has 1 heterocycles. The summed E-state index contributed by atoms with van der Waals surface area (Å²) in [6.07, 6.45) is 3.96. The molecule has 11 heavy (non-hydrogen) atoms. The molecular weight excluding hydrogens is 136 g/mol. The van der Waals surface area contributed by atoms with E-state index < -0.39 is 0 Å². The monoisotopic (exact) mass is 154 g/mol. The van der Waals surface area contributed by atoms with Crippen LogP contribution in [0.25, 0.3) is 0 Å². The van der Waals surface area contributed by atoms with Crippen molar-refractivity contribution < 1.29 is 4.74 Å².